The number of aromatic nitrogens is 2. The van der Waals surface area contributed by atoms with Gasteiger partial charge in [0.1, 0.15) is 12.4 Å². The molecule has 0 spiro atoms. The van der Waals surface area contributed by atoms with Crippen LogP contribution >= 0.6 is 0 Å². The summed E-state index contributed by atoms with van der Waals surface area (Å²) in [6, 6.07) is 10.5. The number of carbonyl (C=O) groups excluding carboxylic acids is 1. The SMILES string of the molecule is CCC(NC1CC(NC(=O)OCc2ccccc2)C1)c1ncc[nH]1. The van der Waals surface area contributed by atoms with Gasteiger partial charge < -0.3 is 20.4 Å². The van der Waals surface area contributed by atoms with E-state index in [9.17, 15) is 4.79 Å². The minimum absolute atomic E-state index is 0.180. The quantitative estimate of drug-likeness (QED) is 0.730. The molecule has 2 aromatic rings. The zero-order valence-electron chi connectivity index (χ0n) is 13.9. The van der Waals surface area contributed by atoms with Gasteiger partial charge in [0, 0.05) is 24.5 Å². The number of H-pyrrole nitrogens is 1. The van der Waals surface area contributed by atoms with Gasteiger partial charge in [-0.05, 0) is 24.8 Å². The van der Waals surface area contributed by atoms with Gasteiger partial charge in [-0.1, -0.05) is 37.3 Å². The minimum Gasteiger partial charge on any atom is -0.445 e. The van der Waals surface area contributed by atoms with E-state index >= 15 is 0 Å². The molecular weight excluding hydrogens is 304 g/mol. The van der Waals surface area contributed by atoms with E-state index < -0.39 is 0 Å². The first-order valence-corrected chi connectivity index (χ1v) is 8.47. The Kier molecular flexibility index (Phi) is 5.48. The molecule has 1 fully saturated rings. The molecule has 6 heteroatoms. The van der Waals surface area contributed by atoms with Gasteiger partial charge in [0.25, 0.3) is 0 Å². The number of nitrogens with zero attached hydrogens (tertiary/aromatic N) is 1. The van der Waals surface area contributed by atoms with Crippen LogP contribution in [0, 0.1) is 0 Å². The predicted octanol–water partition coefficient (Wildman–Crippen LogP) is 2.91. The van der Waals surface area contributed by atoms with Crippen LogP contribution in [0.3, 0.4) is 0 Å². The van der Waals surface area contributed by atoms with Crippen molar-refractivity contribution in [2.75, 3.05) is 0 Å². The number of amides is 1. The molecule has 0 radical (unpaired) electrons. The van der Waals surface area contributed by atoms with Crippen LogP contribution in [0.5, 0.6) is 0 Å². The molecule has 3 rings (SSSR count). The third kappa shape index (κ3) is 4.35. The highest BCUT2D eigenvalue weighted by Crippen LogP contribution is 2.24. The molecule has 24 heavy (non-hydrogen) atoms. The standard InChI is InChI=1S/C18H24N4O2/c1-2-16(17-19-8-9-20-17)21-14-10-15(11-14)22-18(23)24-12-13-6-4-3-5-7-13/h3-9,14-16,21H,2,10-12H2,1H3,(H,19,20)(H,22,23). The average molecular weight is 328 g/mol. The van der Waals surface area contributed by atoms with Gasteiger partial charge >= 0.3 is 6.09 Å². The Morgan fingerprint density at radius 2 is 2.12 bits per heavy atom. The number of hydrogen-bond acceptors (Lipinski definition) is 4. The Morgan fingerprint density at radius 3 is 2.79 bits per heavy atom. The highest BCUT2D eigenvalue weighted by atomic mass is 16.5. The van der Waals surface area contributed by atoms with E-state index in [0.717, 1.165) is 30.7 Å². The molecule has 1 aliphatic carbocycles. The fourth-order valence-corrected chi connectivity index (χ4v) is 2.95. The van der Waals surface area contributed by atoms with E-state index in [-0.39, 0.29) is 18.2 Å². The third-order valence-electron chi connectivity index (χ3n) is 4.37. The number of nitrogens with one attached hydrogen (secondary N) is 3. The third-order valence-corrected chi connectivity index (χ3v) is 4.37. The van der Waals surface area contributed by atoms with E-state index in [1.54, 1.807) is 6.20 Å². The molecule has 1 unspecified atom stereocenters. The van der Waals surface area contributed by atoms with Gasteiger partial charge in [0.2, 0.25) is 0 Å². The molecule has 1 atom stereocenters. The fourth-order valence-electron chi connectivity index (χ4n) is 2.95. The lowest BCUT2D eigenvalue weighted by atomic mass is 9.86. The maximum absolute atomic E-state index is 11.8. The van der Waals surface area contributed by atoms with Crippen molar-refractivity contribution in [2.24, 2.45) is 0 Å². The van der Waals surface area contributed by atoms with Gasteiger partial charge in [-0.3, -0.25) is 0 Å². The van der Waals surface area contributed by atoms with Gasteiger partial charge in [-0.15, -0.1) is 0 Å². The van der Waals surface area contributed by atoms with E-state index in [1.807, 2.05) is 36.5 Å². The van der Waals surface area contributed by atoms with Crippen molar-refractivity contribution < 1.29 is 9.53 Å². The summed E-state index contributed by atoms with van der Waals surface area (Å²) in [4.78, 5) is 19.3. The lowest BCUT2D eigenvalue weighted by molar-refractivity contribution is 0.124. The Labute approximate surface area is 142 Å². The van der Waals surface area contributed by atoms with Crippen LogP contribution in [0.2, 0.25) is 0 Å². The molecule has 6 nitrogen and oxygen atoms in total. The Morgan fingerprint density at radius 1 is 1.33 bits per heavy atom. The molecule has 1 aromatic carbocycles. The number of aromatic amines is 1. The summed E-state index contributed by atoms with van der Waals surface area (Å²) in [6.45, 7) is 2.44. The van der Waals surface area contributed by atoms with Crippen molar-refractivity contribution in [3.8, 4) is 0 Å². The van der Waals surface area contributed by atoms with E-state index in [2.05, 4.69) is 27.5 Å². The van der Waals surface area contributed by atoms with E-state index in [1.165, 1.54) is 0 Å². The Hall–Kier alpha value is -2.34. The molecule has 1 amide bonds. The molecule has 3 N–H and O–H groups in total. The maximum atomic E-state index is 11.8. The molecule has 1 saturated carbocycles. The number of imidazole rings is 1. The van der Waals surface area contributed by atoms with Crippen LogP contribution in [0.4, 0.5) is 4.79 Å². The second-order valence-electron chi connectivity index (χ2n) is 6.17. The molecule has 1 aromatic heterocycles. The largest absolute Gasteiger partial charge is 0.445 e. The van der Waals surface area contributed by atoms with Gasteiger partial charge in [0.05, 0.1) is 6.04 Å². The Bertz CT molecular complexity index is 624. The molecule has 0 aliphatic heterocycles. The Balaban J connectivity index is 1.35. The molecule has 128 valence electrons. The first-order chi connectivity index (χ1) is 11.7. The van der Waals surface area contributed by atoms with Crippen LogP contribution in [-0.2, 0) is 11.3 Å². The number of rotatable bonds is 7. The minimum atomic E-state index is -0.347. The van der Waals surface area contributed by atoms with Crippen LogP contribution in [0.25, 0.3) is 0 Å². The van der Waals surface area contributed by atoms with Crippen molar-refractivity contribution in [3.05, 3.63) is 54.1 Å². The number of ether oxygens (including phenoxy) is 1. The monoisotopic (exact) mass is 328 g/mol. The molecule has 1 heterocycles. The molecule has 0 saturated heterocycles. The zero-order valence-corrected chi connectivity index (χ0v) is 13.9. The van der Waals surface area contributed by atoms with Crippen molar-refractivity contribution in [1.29, 1.82) is 0 Å². The summed E-state index contributed by atoms with van der Waals surface area (Å²) >= 11 is 0. The fraction of sp³-hybridized carbons (Fsp3) is 0.444. The highest BCUT2D eigenvalue weighted by molar-refractivity contribution is 5.67. The number of carbonyl (C=O) groups is 1. The predicted molar refractivity (Wildman–Crippen MR) is 91.3 cm³/mol. The van der Waals surface area contributed by atoms with Gasteiger partial charge in [0.15, 0.2) is 0 Å². The summed E-state index contributed by atoms with van der Waals surface area (Å²) in [7, 11) is 0. The van der Waals surface area contributed by atoms with E-state index in [4.69, 9.17) is 4.74 Å². The lowest BCUT2D eigenvalue weighted by Gasteiger charge is -2.38. The number of alkyl carbamates (subject to hydrolysis) is 1. The summed E-state index contributed by atoms with van der Waals surface area (Å²) in [5.74, 6) is 0.969. The van der Waals surface area contributed by atoms with Crippen LogP contribution in [-0.4, -0.2) is 28.1 Å². The second kappa shape index (κ2) is 7.97. The van der Waals surface area contributed by atoms with Gasteiger partial charge in [-0.25, -0.2) is 9.78 Å². The normalized spacial score (nSPS) is 20.9. The topological polar surface area (TPSA) is 79.0 Å². The summed E-state index contributed by atoms with van der Waals surface area (Å²) in [6.07, 6.45) is 6.07. The van der Waals surface area contributed by atoms with Gasteiger partial charge in [-0.2, -0.15) is 0 Å². The van der Waals surface area contributed by atoms with Crippen molar-refractivity contribution in [1.82, 2.24) is 20.6 Å². The van der Waals surface area contributed by atoms with Crippen LogP contribution in [0.15, 0.2) is 42.7 Å². The van der Waals surface area contributed by atoms with Crippen molar-refractivity contribution in [3.63, 3.8) is 0 Å². The summed E-state index contributed by atoms with van der Waals surface area (Å²) in [5.41, 5.74) is 0.991. The number of hydrogen-bond donors (Lipinski definition) is 3. The maximum Gasteiger partial charge on any atom is 0.407 e. The smallest absolute Gasteiger partial charge is 0.407 e. The average Bonchev–Trinajstić information content (AvgIpc) is 3.10. The molecule has 1 aliphatic rings. The van der Waals surface area contributed by atoms with Crippen LogP contribution < -0.4 is 10.6 Å². The van der Waals surface area contributed by atoms with Crippen LogP contribution in [0.1, 0.15) is 43.6 Å². The lowest BCUT2D eigenvalue weighted by Crippen LogP contribution is -2.53. The first-order valence-electron chi connectivity index (χ1n) is 8.47. The van der Waals surface area contributed by atoms with E-state index in [0.29, 0.717) is 12.6 Å². The number of benzene rings is 1. The molecule has 0 bridgehead atoms. The summed E-state index contributed by atoms with van der Waals surface area (Å²) in [5, 5.41) is 6.50. The second-order valence-corrected chi connectivity index (χ2v) is 6.17. The van der Waals surface area contributed by atoms with Crippen molar-refractivity contribution >= 4 is 6.09 Å². The van der Waals surface area contributed by atoms with Crippen molar-refractivity contribution in [2.45, 2.75) is 50.9 Å². The summed E-state index contributed by atoms with van der Waals surface area (Å²) < 4.78 is 5.25. The molecular formula is C18H24N4O2. The zero-order chi connectivity index (χ0) is 16.8. The first kappa shape index (κ1) is 16.5. The highest BCUT2D eigenvalue weighted by Gasteiger charge is 2.32.